The summed E-state index contributed by atoms with van der Waals surface area (Å²) in [6.07, 6.45) is 1.75. The molecule has 0 bridgehead atoms. The SMILES string of the molecule is COCCCN(Cc1ccc(OS(C)(=O)=O)cc1)C(=O)CSc1ccccc1. The van der Waals surface area contributed by atoms with Crippen LogP contribution in [0.25, 0.3) is 0 Å². The van der Waals surface area contributed by atoms with Crippen LogP contribution in [0.1, 0.15) is 12.0 Å². The van der Waals surface area contributed by atoms with Gasteiger partial charge in [-0.05, 0) is 36.2 Å². The number of benzene rings is 2. The smallest absolute Gasteiger partial charge is 0.306 e. The van der Waals surface area contributed by atoms with Gasteiger partial charge in [0.15, 0.2) is 0 Å². The van der Waals surface area contributed by atoms with Crippen LogP contribution in [0.2, 0.25) is 0 Å². The van der Waals surface area contributed by atoms with Crippen molar-refractivity contribution in [1.82, 2.24) is 4.90 Å². The van der Waals surface area contributed by atoms with Gasteiger partial charge in [0.2, 0.25) is 5.91 Å². The normalized spacial score (nSPS) is 11.2. The molecule has 0 N–H and O–H groups in total. The third-order valence-electron chi connectivity index (χ3n) is 3.78. The molecule has 152 valence electrons. The summed E-state index contributed by atoms with van der Waals surface area (Å²) >= 11 is 1.51. The van der Waals surface area contributed by atoms with E-state index in [2.05, 4.69) is 0 Å². The molecule has 0 aliphatic rings. The van der Waals surface area contributed by atoms with Crippen LogP contribution >= 0.6 is 11.8 Å². The molecule has 6 nitrogen and oxygen atoms in total. The van der Waals surface area contributed by atoms with Gasteiger partial charge < -0.3 is 13.8 Å². The van der Waals surface area contributed by atoms with Crippen molar-refractivity contribution >= 4 is 27.8 Å². The van der Waals surface area contributed by atoms with E-state index >= 15 is 0 Å². The van der Waals surface area contributed by atoms with Crippen LogP contribution < -0.4 is 4.18 Å². The van der Waals surface area contributed by atoms with Gasteiger partial charge in [-0.1, -0.05) is 30.3 Å². The Morgan fingerprint density at radius 1 is 1.07 bits per heavy atom. The zero-order valence-corrected chi connectivity index (χ0v) is 17.7. The number of thioether (sulfide) groups is 1. The fraction of sp³-hybridized carbons (Fsp3) is 0.350. The second-order valence-electron chi connectivity index (χ2n) is 6.19. The molecule has 0 heterocycles. The third-order valence-corrected chi connectivity index (χ3v) is 5.27. The topological polar surface area (TPSA) is 72.9 Å². The molecule has 2 rings (SSSR count). The van der Waals surface area contributed by atoms with Crippen LogP contribution in [0, 0.1) is 0 Å². The van der Waals surface area contributed by atoms with Gasteiger partial charge in [0, 0.05) is 31.7 Å². The van der Waals surface area contributed by atoms with E-state index < -0.39 is 10.1 Å². The summed E-state index contributed by atoms with van der Waals surface area (Å²) in [5.41, 5.74) is 0.899. The zero-order chi connectivity index (χ0) is 20.4. The lowest BCUT2D eigenvalue weighted by atomic mass is 10.2. The molecule has 0 saturated heterocycles. The van der Waals surface area contributed by atoms with Gasteiger partial charge in [0.05, 0.1) is 12.0 Å². The summed E-state index contributed by atoms with van der Waals surface area (Å²) in [6.45, 7) is 1.61. The fourth-order valence-electron chi connectivity index (χ4n) is 2.49. The summed E-state index contributed by atoms with van der Waals surface area (Å²) in [7, 11) is -1.92. The summed E-state index contributed by atoms with van der Waals surface area (Å²) < 4.78 is 32.3. The molecule has 0 aromatic heterocycles. The van der Waals surface area contributed by atoms with Gasteiger partial charge in [-0.15, -0.1) is 11.8 Å². The summed E-state index contributed by atoms with van der Waals surface area (Å²) in [4.78, 5) is 15.6. The lowest BCUT2D eigenvalue weighted by Crippen LogP contribution is -2.33. The highest BCUT2D eigenvalue weighted by atomic mass is 32.2. The molecule has 0 fully saturated rings. The van der Waals surface area contributed by atoms with E-state index in [9.17, 15) is 13.2 Å². The second kappa shape index (κ2) is 11.1. The van der Waals surface area contributed by atoms with Gasteiger partial charge in [-0.3, -0.25) is 4.79 Å². The Kier molecular flexibility index (Phi) is 8.82. The van der Waals surface area contributed by atoms with Crippen molar-refractivity contribution in [2.24, 2.45) is 0 Å². The fourth-order valence-corrected chi connectivity index (χ4v) is 3.77. The van der Waals surface area contributed by atoms with Crippen LogP contribution in [0.4, 0.5) is 0 Å². The first kappa shape index (κ1) is 22.3. The molecule has 8 heteroatoms. The van der Waals surface area contributed by atoms with Crippen LogP contribution in [0.3, 0.4) is 0 Å². The highest BCUT2D eigenvalue weighted by Gasteiger charge is 2.15. The monoisotopic (exact) mass is 423 g/mol. The first-order chi connectivity index (χ1) is 13.4. The molecule has 0 radical (unpaired) electrons. The van der Waals surface area contributed by atoms with E-state index in [0.29, 0.717) is 25.4 Å². The van der Waals surface area contributed by atoms with Crippen molar-refractivity contribution in [1.29, 1.82) is 0 Å². The summed E-state index contributed by atoms with van der Waals surface area (Å²) in [5.74, 6) is 0.649. The molecular weight excluding hydrogens is 398 g/mol. The van der Waals surface area contributed by atoms with Gasteiger partial charge in [0.25, 0.3) is 0 Å². The largest absolute Gasteiger partial charge is 0.385 e. The molecule has 0 aliphatic heterocycles. The molecular formula is C20H25NO5S2. The Bertz CT molecular complexity index is 839. The van der Waals surface area contributed by atoms with E-state index in [4.69, 9.17) is 8.92 Å². The Morgan fingerprint density at radius 2 is 1.75 bits per heavy atom. The first-order valence-corrected chi connectivity index (χ1v) is 11.6. The quantitative estimate of drug-likeness (QED) is 0.314. The maximum absolute atomic E-state index is 12.7. The molecule has 2 aromatic rings. The Hall–Kier alpha value is -2.03. The Morgan fingerprint density at radius 3 is 2.36 bits per heavy atom. The number of hydrogen-bond donors (Lipinski definition) is 0. The minimum atomic E-state index is -3.56. The average molecular weight is 424 g/mol. The van der Waals surface area contributed by atoms with Crippen molar-refractivity contribution in [3.05, 3.63) is 60.2 Å². The minimum Gasteiger partial charge on any atom is -0.385 e. The zero-order valence-electron chi connectivity index (χ0n) is 16.0. The number of methoxy groups -OCH3 is 1. The Labute approximate surface area is 171 Å². The highest BCUT2D eigenvalue weighted by Crippen LogP contribution is 2.19. The van der Waals surface area contributed by atoms with Crippen LogP contribution in [0.15, 0.2) is 59.5 Å². The number of ether oxygens (including phenoxy) is 1. The highest BCUT2D eigenvalue weighted by molar-refractivity contribution is 8.00. The average Bonchev–Trinajstić information content (AvgIpc) is 2.66. The molecule has 28 heavy (non-hydrogen) atoms. The standard InChI is InChI=1S/C20H25NO5S2/c1-25-14-6-13-21(20(22)16-27-19-7-4-3-5-8-19)15-17-9-11-18(12-10-17)26-28(2,23)24/h3-5,7-12H,6,13-16H2,1-2H3. The molecule has 2 aromatic carbocycles. The van der Waals surface area contributed by atoms with Crippen LogP contribution in [-0.2, 0) is 26.2 Å². The molecule has 0 aliphatic carbocycles. The van der Waals surface area contributed by atoms with E-state index in [1.54, 1.807) is 36.3 Å². The summed E-state index contributed by atoms with van der Waals surface area (Å²) in [5, 5.41) is 0. The predicted octanol–water partition coefficient (Wildman–Crippen LogP) is 3.18. The lowest BCUT2D eigenvalue weighted by Gasteiger charge is -2.23. The van der Waals surface area contributed by atoms with E-state index in [1.807, 2.05) is 30.3 Å². The predicted molar refractivity (Wildman–Crippen MR) is 111 cm³/mol. The lowest BCUT2D eigenvalue weighted by molar-refractivity contribution is -0.129. The first-order valence-electron chi connectivity index (χ1n) is 8.80. The van der Waals surface area contributed by atoms with Crippen molar-refractivity contribution in [2.75, 3.05) is 32.3 Å². The van der Waals surface area contributed by atoms with Gasteiger partial charge in [0.1, 0.15) is 5.75 Å². The summed E-state index contributed by atoms with van der Waals surface area (Å²) in [6, 6.07) is 16.5. The van der Waals surface area contributed by atoms with Crippen LogP contribution in [-0.4, -0.2) is 51.5 Å². The van der Waals surface area contributed by atoms with Crippen molar-refractivity contribution in [2.45, 2.75) is 17.9 Å². The van der Waals surface area contributed by atoms with E-state index in [0.717, 1.165) is 23.1 Å². The third kappa shape index (κ3) is 8.33. The molecule has 1 amide bonds. The number of nitrogens with zero attached hydrogens (tertiary/aromatic N) is 1. The van der Waals surface area contributed by atoms with Gasteiger partial charge >= 0.3 is 10.1 Å². The van der Waals surface area contributed by atoms with Gasteiger partial charge in [-0.25, -0.2) is 0 Å². The van der Waals surface area contributed by atoms with Crippen molar-refractivity contribution in [3.8, 4) is 5.75 Å². The number of carbonyl (C=O) groups is 1. The van der Waals surface area contributed by atoms with E-state index in [1.165, 1.54) is 11.8 Å². The maximum atomic E-state index is 12.7. The van der Waals surface area contributed by atoms with Crippen LogP contribution in [0.5, 0.6) is 5.75 Å². The molecule has 0 saturated carbocycles. The minimum absolute atomic E-state index is 0.0430. The second-order valence-corrected chi connectivity index (χ2v) is 8.82. The van der Waals surface area contributed by atoms with Crippen molar-refractivity contribution < 1.29 is 22.1 Å². The molecule has 0 unspecified atom stereocenters. The Balaban J connectivity index is 1.99. The van der Waals surface area contributed by atoms with E-state index in [-0.39, 0.29) is 11.7 Å². The van der Waals surface area contributed by atoms with Gasteiger partial charge in [-0.2, -0.15) is 8.42 Å². The number of rotatable bonds is 11. The number of hydrogen-bond acceptors (Lipinski definition) is 6. The molecule has 0 spiro atoms. The molecule has 0 atom stereocenters. The van der Waals surface area contributed by atoms with Crippen molar-refractivity contribution in [3.63, 3.8) is 0 Å². The number of carbonyl (C=O) groups excluding carboxylic acids is 1. The maximum Gasteiger partial charge on any atom is 0.306 e. The number of amides is 1.